The maximum Gasteiger partial charge on any atom is 0.349 e. The number of thiophene rings is 1. The highest BCUT2D eigenvalue weighted by atomic mass is 32.1. The maximum atomic E-state index is 13.0. The van der Waals surface area contributed by atoms with E-state index in [4.69, 9.17) is 4.74 Å². The topological polar surface area (TPSA) is 26.3 Å². The third-order valence-corrected chi connectivity index (χ3v) is 4.73. The standard InChI is InChI=1S/C20H17FO2S/c1-13-3-5-16(6-4-13)18-11-12-24-19(18)20(22)23-14(2)15-7-9-17(21)10-8-15/h3-12,14H,1-2H3/t14-/m1/s1. The van der Waals surface area contributed by atoms with Gasteiger partial charge in [-0.15, -0.1) is 11.3 Å². The molecule has 2 nitrogen and oxygen atoms in total. The summed E-state index contributed by atoms with van der Waals surface area (Å²) < 4.78 is 18.6. The first-order chi connectivity index (χ1) is 11.5. The quantitative estimate of drug-likeness (QED) is 0.563. The molecule has 0 unspecified atom stereocenters. The van der Waals surface area contributed by atoms with Gasteiger partial charge >= 0.3 is 5.97 Å². The number of aryl methyl sites for hydroxylation is 1. The molecule has 1 atom stereocenters. The largest absolute Gasteiger partial charge is 0.454 e. The lowest BCUT2D eigenvalue weighted by molar-refractivity contribution is 0.0344. The van der Waals surface area contributed by atoms with Crippen molar-refractivity contribution < 1.29 is 13.9 Å². The van der Waals surface area contributed by atoms with Gasteiger partial charge in [0.2, 0.25) is 0 Å². The van der Waals surface area contributed by atoms with Gasteiger partial charge in [-0.2, -0.15) is 0 Å². The molecule has 0 amide bonds. The van der Waals surface area contributed by atoms with E-state index in [1.807, 2.05) is 42.6 Å². The molecular weight excluding hydrogens is 323 g/mol. The molecule has 0 saturated carbocycles. The van der Waals surface area contributed by atoms with Crippen molar-refractivity contribution in [1.29, 1.82) is 0 Å². The first-order valence-electron chi connectivity index (χ1n) is 7.65. The van der Waals surface area contributed by atoms with E-state index in [0.717, 1.165) is 16.7 Å². The average molecular weight is 340 g/mol. The fourth-order valence-electron chi connectivity index (χ4n) is 2.44. The smallest absolute Gasteiger partial charge is 0.349 e. The van der Waals surface area contributed by atoms with E-state index in [0.29, 0.717) is 4.88 Å². The second-order valence-corrected chi connectivity index (χ2v) is 6.54. The number of rotatable bonds is 4. The first kappa shape index (κ1) is 16.4. The molecule has 1 aromatic heterocycles. The Kier molecular flexibility index (Phi) is 4.76. The molecule has 0 N–H and O–H groups in total. The van der Waals surface area contributed by atoms with Gasteiger partial charge in [0.15, 0.2) is 0 Å². The Hall–Kier alpha value is -2.46. The lowest BCUT2D eigenvalue weighted by Gasteiger charge is -2.14. The van der Waals surface area contributed by atoms with Crippen LogP contribution in [0.4, 0.5) is 4.39 Å². The van der Waals surface area contributed by atoms with Crippen molar-refractivity contribution in [3.63, 3.8) is 0 Å². The van der Waals surface area contributed by atoms with E-state index in [9.17, 15) is 9.18 Å². The summed E-state index contributed by atoms with van der Waals surface area (Å²) in [6.07, 6.45) is -0.439. The molecule has 0 aliphatic rings. The molecule has 3 rings (SSSR count). The van der Waals surface area contributed by atoms with Crippen LogP contribution in [0.5, 0.6) is 0 Å². The van der Waals surface area contributed by atoms with E-state index in [-0.39, 0.29) is 11.8 Å². The van der Waals surface area contributed by atoms with Gasteiger partial charge in [-0.1, -0.05) is 42.0 Å². The fourth-order valence-corrected chi connectivity index (χ4v) is 3.24. The van der Waals surface area contributed by atoms with E-state index < -0.39 is 6.10 Å². The van der Waals surface area contributed by atoms with Crippen LogP contribution in [0.3, 0.4) is 0 Å². The third-order valence-electron chi connectivity index (χ3n) is 3.84. The molecule has 0 aliphatic carbocycles. The lowest BCUT2D eigenvalue weighted by atomic mass is 10.1. The first-order valence-corrected chi connectivity index (χ1v) is 8.53. The zero-order valence-corrected chi connectivity index (χ0v) is 14.3. The van der Waals surface area contributed by atoms with E-state index in [2.05, 4.69) is 0 Å². The molecule has 1 heterocycles. The summed E-state index contributed by atoms with van der Waals surface area (Å²) in [7, 11) is 0. The Morgan fingerprint density at radius 2 is 1.71 bits per heavy atom. The van der Waals surface area contributed by atoms with Crippen molar-refractivity contribution in [2.45, 2.75) is 20.0 Å². The van der Waals surface area contributed by atoms with Crippen molar-refractivity contribution in [3.8, 4) is 11.1 Å². The molecule has 24 heavy (non-hydrogen) atoms. The molecule has 2 aromatic carbocycles. The summed E-state index contributed by atoms with van der Waals surface area (Å²) in [6.45, 7) is 3.81. The number of esters is 1. The van der Waals surface area contributed by atoms with Crippen LogP contribution in [0.25, 0.3) is 11.1 Å². The predicted octanol–water partition coefficient (Wildman–Crippen LogP) is 5.78. The Bertz CT molecular complexity index is 835. The number of halogens is 1. The zero-order valence-electron chi connectivity index (χ0n) is 13.5. The second-order valence-electron chi connectivity index (χ2n) is 5.63. The van der Waals surface area contributed by atoms with Crippen LogP contribution in [0.1, 0.15) is 33.8 Å². The SMILES string of the molecule is Cc1ccc(-c2ccsc2C(=O)O[C@H](C)c2ccc(F)cc2)cc1. The number of carbonyl (C=O) groups excluding carboxylic acids is 1. The average Bonchev–Trinajstić information content (AvgIpc) is 3.06. The Morgan fingerprint density at radius 1 is 1.04 bits per heavy atom. The summed E-state index contributed by atoms with van der Waals surface area (Å²) in [5.74, 6) is -0.672. The molecule has 0 radical (unpaired) electrons. The minimum absolute atomic E-state index is 0.308. The fraction of sp³-hybridized carbons (Fsp3) is 0.150. The van der Waals surface area contributed by atoms with Crippen molar-refractivity contribution in [1.82, 2.24) is 0 Å². The normalized spacial score (nSPS) is 12.0. The van der Waals surface area contributed by atoms with Gasteiger partial charge in [-0.25, -0.2) is 9.18 Å². The van der Waals surface area contributed by atoms with Crippen LogP contribution < -0.4 is 0 Å². The second kappa shape index (κ2) is 6.97. The van der Waals surface area contributed by atoms with Gasteiger partial charge in [0.1, 0.15) is 16.8 Å². The summed E-state index contributed by atoms with van der Waals surface area (Å²) >= 11 is 1.36. The highest BCUT2D eigenvalue weighted by Crippen LogP contribution is 2.30. The predicted molar refractivity (Wildman–Crippen MR) is 94.7 cm³/mol. The molecule has 122 valence electrons. The minimum Gasteiger partial charge on any atom is -0.454 e. The summed E-state index contributed by atoms with van der Waals surface area (Å²) in [4.78, 5) is 13.1. The summed E-state index contributed by atoms with van der Waals surface area (Å²) in [5, 5.41) is 1.88. The van der Waals surface area contributed by atoms with Crippen molar-refractivity contribution in [2.75, 3.05) is 0 Å². The molecule has 0 saturated heterocycles. The van der Waals surface area contributed by atoms with Gasteiger partial charge in [0.05, 0.1) is 0 Å². The highest BCUT2D eigenvalue weighted by Gasteiger charge is 2.19. The van der Waals surface area contributed by atoms with Crippen molar-refractivity contribution >= 4 is 17.3 Å². The van der Waals surface area contributed by atoms with Crippen molar-refractivity contribution in [2.24, 2.45) is 0 Å². The highest BCUT2D eigenvalue weighted by molar-refractivity contribution is 7.12. The van der Waals surface area contributed by atoms with Gasteiger partial charge in [-0.05, 0) is 48.6 Å². The number of hydrogen-bond acceptors (Lipinski definition) is 3. The Labute approximate surface area is 144 Å². The van der Waals surface area contributed by atoms with E-state index in [1.54, 1.807) is 19.1 Å². The van der Waals surface area contributed by atoms with E-state index >= 15 is 0 Å². The minimum atomic E-state index is -0.439. The monoisotopic (exact) mass is 340 g/mol. The number of benzene rings is 2. The van der Waals surface area contributed by atoms with Crippen LogP contribution in [0.2, 0.25) is 0 Å². The van der Waals surface area contributed by atoms with Crippen LogP contribution >= 0.6 is 11.3 Å². The Morgan fingerprint density at radius 3 is 2.38 bits per heavy atom. The van der Waals surface area contributed by atoms with Gasteiger partial charge in [-0.3, -0.25) is 0 Å². The maximum absolute atomic E-state index is 13.0. The number of carbonyl (C=O) groups is 1. The molecule has 0 spiro atoms. The van der Waals surface area contributed by atoms with Crippen LogP contribution in [-0.4, -0.2) is 5.97 Å². The number of hydrogen-bond donors (Lipinski definition) is 0. The lowest BCUT2D eigenvalue weighted by Crippen LogP contribution is -2.08. The molecule has 0 fully saturated rings. The van der Waals surface area contributed by atoms with Crippen LogP contribution in [0, 0.1) is 12.7 Å². The number of ether oxygens (including phenoxy) is 1. The summed E-state index contributed by atoms with van der Waals surface area (Å²) in [6, 6.07) is 15.9. The van der Waals surface area contributed by atoms with E-state index in [1.165, 1.54) is 29.0 Å². The van der Waals surface area contributed by atoms with Gasteiger partial charge in [0.25, 0.3) is 0 Å². The van der Waals surface area contributed by atoms with Gasteiger partial charge < -0.3 is 4.74 Å². The van der Waals surface area contributed by atoms with Gasteiger partial charge in [0, 0.05) is 5.56 Å². The molecule has 3 aromatic rings. The molecular formula is C20H17FO2S. The molecule has 0 bridgehead atoms. The Balaban J connectivity index is 1.80. The summed E-state index contributed by atoms with van der Waals surface area (Å²) in [5.41, 5.74) is 3.79. The van der Waals surface area contributed by atoms with Crippen molar-refractivity contribution in [3.05, 3.63) is 81.8 Å². The molecule has 0 aliphatic heterocycles. The molecule has 4 heteroatoms. The van der Waals surface area contributed by atoms with Crippen LogP contribution in [-0.2, 0) is 4.74 Å². The van der Waals surface area contributed by atoms with Crippen LogP contribution in [0.15, 0.2) is 60.0 Å². The third kappa shape index (κ3) is 3.54. The zero-order chi connectivity index (χ0) is 17.1.